The molecule has 0 aliphatic heterocycles. The largest absolute Gasteiger partial charge is 0.481 e. The van der Waals surface area contributed by atoms with Gasteiger partial charge in [-0.15, -0.1) is 0 Å². The van der Waals surface area contributed by atoms with Crippen molar-refractivity contribution in [1.29, 1.82) is 0 Å². The molecule has 7 heteroatoms. The summed E-state index contributed by atoms with van der Waals surface area (Å²) in [6, 6.07) is 3.22. The van der Waals surface area contributed by atoms with E-state index >= 15 is 0 Å². The Morgan fingerprint density at radius 1 is 1.59 bits per heavy atom. The van der Waals surface area contributed by atoms with Gasteiger partial charge in [0.1, 0.15) is 5.76 Å². The summed E-state index contributed by atoms with van der Waals surface area (Å²) in [5.74, 6) is -3.77. The maximum Gasteiger partial charge on any atom is 0.403 e. The van der Waals surface area contributed by atoms with Crippen molar-refractivity contribution in [2.75, 3.05) is 13.6 Å². The van der Waals surface area contributed by atoms with Gasteiger partial charge in [0.05, 0.1) is 12.8 Å². The quantitative estimate of drug-likeness (QED) is 0.869. The molecule has 1 heterocycles. The number of furan rings is 1. The monoisotopic (exact) mass is 251 g/mol. The number of nitrogens with zero attached hydrogens (tertiary/aromatic N) is 1. The highest BCUT2D eigenvalue weighted by Crippen LogP contribution is 2.27. The fraction of sp³-hybridized carbons (Fsp3) is 0.500. The van der Waals surface area contributed by atoms with E-state index in [4.69, 9.17) is 9.52 Å². The first-order valence-corrected chi connectivity index (χ1v) is 4.81. The van der Waals surface area contributed by atoms with Gasteiger partial charge in [0.25, 0.3) is 0 Å². The van der Waals surface area contributed by atoms with Crippen molar-refractivity contribution < 1.29 is 27.5 Å². The minimum Gasteiger partial charge on any atom is -0.481 e. The van der Waals surface area contributed by atoms with Crippen LogP contribution in [0, 0.1) is 5.92 Å². The van der Waals surface area contributed by atoms with Crippen LogP contribution in [0.4, 0.5) is 13.2 Å². The zero-order chi connectivity index (χ0) is 13.1. The van der Waals surface area contributed by atoms with Crippen LogP contribution in [0.1, 0.15) is 5.76 Å². The second-order valence-corrected chi connectivity index (χ2v) is 3.71. The highest BCUT2D eigenvalue weighted by Gasteiger charge is 2.45. The Balaban J connectivity index is 2.59. The lowest BCUT2D eigenvalue weighted by Crippen LogP contribution is -2.39. The number of carboxylic acids is 1. The third kappa shape index (κ3) is 4.10. The summed E-state index contributed by atoms with van der Waals surface area (Å²) in [4.78, 5) is 11.8. The Hall–Kier alpha value is -1.50. The number of halogens is 3. The lowest BCUT2D eigenvalue weighted by atomic mass is 10.1. The molecule has 1 atom stereocenters. The van der Waals surface area contributed by atoms with Gasteiger partial charge in [0.2, 0.25) is 0 Å². The lowest BCUT2D eigenvalue weighted by molar-refractivity contribution is -0.196. The Morgan fingerprint density at radius 2 is 2.24 bits per heavy atom. The van der Waals surface area contributed by atoms with Crippen LogP contribution in [0.2, 0.25) is 0 Å². The Kier molecular flexibility index (Phi) is 4.17. The van der Waals surface area contributed by atoms with E-state index in [0.717, 1.165) is 0 Å². The van der Waals surface area contributed by atoms with Crippen molar-refractivity contribution >= 4 is 5.97 Å². The molecule has 0 saturated carbocycles. The van der Waals surface area contributed by atoms with Crippen molar-refractivity contribution in [2.45, 2.75) is 12.7 Å². The van der Waals surface area contributed by atoms with E-state index in [1.54, 1.807) is 12.1 Å². The first kappa shape index (κ1) is 13.6. The molecule has 4 nitrogen and oxygen atoms in total. The Morgan fingerprint density at radius 3 is 2.65 bits per heavy atom. The average Bonchev–Trinajstić information content (AvgIpc) is 2.64. The van der Waals surface area contributed by atoms with Crippen LogP contribution in [0.3, 0.4) is 0 Å². The van der Waals surface area contributed by atoms with Crippen LogP contribution < -0.4 is 0 Å². The molecule has 0 aliphatic carbocycles. The maximum absolute atomic E-state index is 12.4. The van der Waals surface area contributed by atoms with Gasteiger partial charge in [-0.05, 0) is 19.2 Å². The minimum atomic E-state index is -4.75. The van der Waals surface area contributed by atoms with Gasteiger partial charge >= 0.3 is 12.1 Å². The van der Waals surface area contributed by atoms with E-state index in [1.165, 1.54) is 18.2 Å². The van der Waals surface area contributed by atoms with Crippen LogP contribution >= 0.6 is 0 Å². The van der Waals surface area contributed by atoms with Crippen molar-refractivity contribution in [3.05, 3.63) is 24.2 Å². The van der Waals surface area contributed by atoms with E-state index in [1.807, 2.05) is 0 Å². The number of rotatable bonds is 5. The molecule has 0 saturated heterocycles. The molecule has 0 amide bonds. The van der Waals surface area contributed by atoms with Gasteiger partial charge in [-0.25, -0.2) is 0 Å². The maximum atomic E-state index is 12.4. The van der Waals surface area contributed by atoms with Gasteiger partial charge in [0, 0.05) is 6.54 Å². The third-order valence-corrected chi connectivity index (χ3v) is 2.19. The van der Waals surface area contributed by atoms with Crippen LogP contribution in [-0.4, -0.2) is 35.7 Å². The van der Waals surface area contributed by atoms with Gasteiger partial charge in [-0.1, -0.05) is 0 Å². The number of carboxylic acid groups (broad SMARTS) is 1. The van der Waals surface area contributed by atoms with Crippen molar-refractivity contribution in [1.82, 2.24) is 4.90 Å². The predicted molar refractivity (Wildman–Crippen MR) is 52.2 cm³/mol. The van der Waals surface area contributed by atoms with E-state index in [2.05, 4.69) is 0 Å². The first-order valence-electron chi connectivity index (χ1n) is 4.81. The fourth-order valence-corrected chi connectivity index (χ4v) is 1.37. The predicted octanol–water partition coefficient (Wildman–Crippen LogP) is 1.97. The van der Waals surface area contributed by atoms with Crippen LogP contribution in [-0.2, 0) is 11.3 Å². The summed E-state index contributed by atoms with van der Waals surface area (Å²) >= 11 is 0. The fourth-order valence-electron chi connectivity index (χ4n) is 1.37. The lowest BCUT2D eigenvalue weighted by Gasteiger charge is -2.22. The third-order valence-electron chi connectivity index (χ3n) is 2.19. The SMILES string of the molecule is CN(Cc1ccco1)CC(C(=O)O)C(F)(F)F. The first-order chi connectivity index (χ1) is 7.80. The Labute approximate surface area is 95.6 Å². The second-order valence-electron chi connectivity index (χ2n) is 3.71. The molecule has 0 fully saturated rings. The van der Waals surface area contributed by atoms with Crippen LogP contribution in [0.5, 0.6) is 0 Å². The molecule has 0 bridgehead atoms. The molecule has 0 aromatic carbocycles. The standard InChI is InChI=1S/C10H12F3NO3/c1-14(5-7-3-2-4-17-7)6-8(9(15)16)10(11,12)13/h2-4,8H,5-6H2,1H3,(H,15,16). The van der Waals surface area contributed by atoms with Crippen molar-refractivity contribution in [2.24, 2.45) is 5.92 Å². The number of carbonyl (C=O) groups is 1. The summed E-state index contributed by atoms with van der Waals surface area (Å²) in [5, 5.41) is 8.51. The van der Waals surface area contributed by atoms with Gasteiger partial charge < -0.3 is 9.52 Å². The molecule has 17 heavy (non-hydrogen) atoms. The minimum absolute atomic E-state index is 0.132. The number of alkyl halides is 3. The molecule has 1 aromatic heterocycles. The summed E-state index contributed by atoms with van der Waals surface area (Å²) in [6.07, 6.45) is -3.34. The molecule has 0 radical (unpaired) electrons. The van der Waals surface area contributed by atoms with Crippen LogP contribution in [0.25, 0.3) is 0 Å². The summed E-state index contributed by atoms with van der Waals surface area (Å²) in [7, 11) is 1.41. The molecular formula is C10H12F3NO3. The zero-order valence-corrected chi connectivity index (χ0v) is 9.07. The molecule has 0 aliphatic rings. The highest BCUT2D eigenvalue weighted by atomic mass is 19.4. The summed E-state index contributed by atoms with van der Waals surface area (Å²) in [6.45, 7) is -0.480. The zero-order valence-electron chi connectivity index (χ0n) is 9.07. The van der Waals surface area contributed by atoms with Crippen molar-refractivity contribution in [3.63, 3.8) is 0 Å². The molecule has 1 aromatic rings. The van der Waals surface area contributed by atoms with Crippen LogP contribution in [0.15, 0.2) is 22.8 Å². The summed E-state index contributed by atoms with van der Waals surface area (Å²) in [5.41, 5.74) is 0. The normalized spacial score (nSPS) is 13.9. The topological polar surface area (TPSA) is 53.7 Å². The molecule has 1 rings (SSSR count). The number of hydrogen-bond donors (Lipinski definition) is 1. The van der Waals surface area contributed by atoms with E-state index < -0.39 is 24.6 Å². The highest BCUT2D eigenvalue weighted by molar-refractivity contribution is 5.71. The molecule has 96 valence electrons. The Bertz CT molecular complexity index is 361. The van der Waals surface area contributed by atoms with E-state index in [9.17, 15) is 18.0 Å². The molecule has 1 unspecified atom stereocenters. The van der Waals surface area contributed by atoms with Gasteiger partial charge in [-0.2, -0.15) is 13.2 Å². The number of hydrogen-bond acceptors (Lipinski definition) is 3. The molecule has 1 N–H and O–H groups in total. The average molecular weight is 251 g/mol. The molecular weight excluding hydrogens is 239 g/mol. The van der Waals surface area contributed by atoms with Crippen molar-refractivity contribution in [3.8, 4) is 0 Å². The second kappa shape index (κ2) is 5.22. The summed E-state index contributed by atoms with van der Waals surface area (Å²) < 4.78 is 42.1. The smallest absolute Gasteiger partial charge is 0.403 e. The van der Waals surface area contributed by atoms with Gasteiger partial charge in [-0.3, -0.25) is 9.69 Å². The van der Waals surface area contributed by atoms with Gasteiger partial charge in [0.15, 0.2) is 5.92 Å². The molecule has 0 spiro atoms. The van der Waals surface area contributed by atoms with E-state index in [0.29, 0.717) is 5.76 Å². The number of aliphatic carboxylic acids is 1. The van der Waals surface area contributed by atoms with E-state index in [-0.39, 0.29) is 6.54 Å².